The van der Waals surface area contributed by atoms with Gasteiger partial charge in [-0.05, 0) is 0 Å². The van der Waals surface area contributed by atoms with Crippen molar-refractivity contribution >= 4 is 55.3 Å². The zero-order valence-electron chi connectivity index (χ0n) is 11.6. The molecule has 2 radical (unpaired) electrons. The van der Waals surface area contributed by atoms with Crippen molar-refractivity contribution in [2.24, 2.45) is 0 Å². The van der Waals surface area contributed by atoms with Crippen molar-refractivity contribution in [3.8, 4) is 0 Å². The van der Waals surface area contributed by atoms with Gasteiger partial charge in [-0.3, -0.25) is 0 Å². The third-order valence-electron chi connectivity index (χ3n) is 2.10. The molecule has 0 atom stereocenters. The second-order valence-corrected chi connectivity index (χ2v) is 7.62. The summed E-state index contributed by atoms with van der Waals surface area (Å²) in [6, 6.07) is 0. The Morgan fingerprint density at radius 2 is 1.00 bits per heavy atom. The van der Waals surface area contributed by atoms with Crippen molar-refractivity contribution in [1.82, 2.24) is 0 Å². The first-order valence-electron chi connectivity index (χ1n) is 6.46. The smallest absolute Gasteiger partial charge is 0.147 e. The Labute approximate surface area is 129 Å². The highest BCUT2D eigenvalue weighted by Gasteiger charge is 1.89. The molecule has 98 valence electrons. The molecule has 0 aromatic carbocycles. The summed E-state index contributed by atoms with van der Waals surface area (Å²) in [6.45, 7) is 9.05. The molecule has 0 fully saturated rings. The fourth-order valence-electron chi connectivity index (χ4n) is 1.13. The highest BCUT2D eigenvalue weighted by Crippen LogP contribution is 1.99. The second kappa shape index (κ2) is 30.0. The van der Waals surface area contributed by atoms with E-state index in [1.54, 1.807) is 0 Å². The van der Waals surface area contributed by atoms with Crippen LogP contribution in [-0.4, -0.2) is 30.4 Å². The van der Waals surface area contributed by atoms with Crippen LogP contribution in [0.3, 0.4) is 0 Å². The summed E-state index contributed by atoms with van der Waals surface area (Å²) in [4.78, 5) is 0. The standard InChI is InChI=1S/2C4H9.2C2H5.2Al.2ClH/c2*1-3-4-2;2*1-2;;;;/h2*1,3-4H2,2H3;2*1H2,2H3;;;2*1H. The third-order valence-corrected chi connectivity index (χ3v) is 4.89. The lowest BCUT2D eigenvalue weighted by Crippen LogP contribution is -1.87. The molecule has 0 spiro atoms. The predicted molar refractivity (Wildman–Crippen MR) is 86.4 cm³/mol. The van der Waals surface area contributed by atoms with Crippen LogP contribution in [0.15, 0.2) is 0 Å². The number of halogens is 2. The number of rotatable bonds is 8. The minimum absolute atomic E-state index is 0. The van der Waals surface area contributed by atoms with Crippen LogP contribution in [0, 0.1) is 0 Å². The lowest BCUT2D eigenvalue weighted by Gasteiger charge is -1.93. The molecule has 0 nitrogen and oxygen atoms in total. The zero-order valence-corrected chi connectivity index (χ0v) is 15.6. The molecule has 0 aromatic heterocycles. The van der Waals surface area contributed by atoms with Crippen molar-refractivity contribution < 1.29 is 0 Å². The second-order valence-electron chi connectivity index (χ2n) is 3.68. The summed E-state index contributed by atoms with van der Waals surface area (Å²) in [6.07, 6.45) is 5.72. The summed E-state index contributed by atoms with van der Waals surface area (Å²) in [5, 5.41) is 5.93. The van der Waals surface area contributed by atoms with Gasteiger partial charge < -0.3 is 0 Å². The first-order valence-corrected chi connectivity index (χ1v) is 9.73. The molecule has 0 rings (SSSR count). The Balaban J connectivity index is -0.0000000904. The Kier molecular flexibility index (Phi) is 49.3. The van der Waals surface area contributed by atoms with Crippen LogP contribution in [0.2, 0.25) is 21.1 Å². The molecule has 0 aliphatic carbocycles. The maximum atomic E-state index is 2.28. The monoisotopic (exact) mass is 298 g/mol. The molecule has 0 heterocycles. The molecule has 16 heavy (non-hydrogen) atoms. The molecular formula is C12H30Al2Cl2. The lowest BCUT2D eigenvalue weighted by atomic mass is 10.4. The fourth-order valence-corrected chi connectivity index (χ4v) is 3.39. The van der Waals surface area contributed by atoms with Crippen molar-refractivity contribution in [3.63, 3.8) is 0 Å². The minimum atomic E-state index is 0. The Bertz CT molecular complexity index is 75.4. The zero-order chi connectivity index (χ0) is 11.1. The number of hydrogen-bond donors (Lipinski definition) is 0. The van der Waals surface area contributed by atoms with E-state index in [1.807, 2.05) is 0 Å². The van der Waals surface area contributed by atoms with Gasteiger partial charge in [0.25, 0.3) is 0 Å². The normalized spacial score (nSPS) is 7.75. The quantitative estimate of drug-likeness (QED) is 0.408. The van der Waals surface area contributed by atoms with Crippen molar-refractivity contribution in [2.45, 2.75) is 74.5 Å². The van der Waals surface area contributed by atoms with E-state index in [9.17, 15) is 0 Å². The van der Waals surface area contributed by atoms with E-state index >= 15 is 0 Å². The number of unbranched alkanes of at least 4 members (excludes halogenated alkanes) is 2. The summed E-state index contributed by atoms with van der Waals surface area (Å²) in [7, 11) is 0. The van der Waals surface area contributed by atoms with Crippen molar-refractivity contribution in [1.29, 1.82) is 0 Å². The predicted octanol–water partition coefficient (Wildman–Crippen LogP) is 5.54. The molecule has 0 saturated carbocycles. The Morgan fingerprint density at radius 3 is 1.19 bits per heavy atom. The van der Waals surface area contributed by atoms with Gasteiger partial charge >= 0.3 is 0 Å². The molecule has 0 unspecified atom stereocenters. The van der Waals surface area contributed by atoms with Gasteiger partial charge in [0, 0.05) is 0 Å². The van der Waals surface area contributed by atoms with Gasteiger partial charge in [0.1, 0.15) is 0 Å². The van der Waals surface area contributed by atoms with Crippen LogP contribution < -0.4 is 0 Å². The van der Waals surface area contributed by atoms with Crippen LogP contribution in [0.5, 0.6) is 0 Å². The summed E-state index contributed by atoms with van der Waals surface area (Å²) in [5.41, 5.74) is 0. The molecule has 0 bridgehead atoms. The molecule has 0 amide bonds. The summed E-state index contributed by atoms with van der Waals surface area (Å²) < 4.78 is 0. The van der Waals surface area contributed by atoms with Crippen molar-refractivity contribution in [2.75, 3.05) is 0 Å². The van der Waals surface area contributed by atoms with E-state index in [0.717, 1.165) is 30.4 Å². The number of hydrogen-bond acceptors (Lipinski definition) is 0. The molecule has 0 saturated heterocycles. The van der Waals surface area contributed by atoms with Crippen LogP contribution in [0.4, 0.5) is 0 Å². The van der Waals surface area contributed by atoms with Crippen molar-refractivity contribution in [3.05, 3.63) is 0 Å². The Hall–Kier alpha value is 1.64. The SMILES string of the molecule is CCC[CH2][Al][CH2]CCC.C[CH2][Al][CH2]C.Cl.Cl. The molecule has 0 aromatic rings. The maximum absolute atomic E-state index is 2.28. The average molecular weight is 299 g/mol. The van der Waals surface area contributed by atoms with E-state index in [0.29, 0.717) is 0 Å². The fraction of sp³-hybridized carbons (Fsp3) is 1.00. The van der Waals surface area contributed by atoms with Crippen LogP contribution in [-0.2, 0) is 0 Å². The average Bonchev–Trinajstić information content (AvgIpc) is 2.20. The highest BCUT2D eigenvalue weighted by molar-refractivity contribution is 6.35. The van der Waals surface area contributed by atoms with Crippen LogP contribution >= 0.6 is 24.8 Å². The largest absolute Gasteiger partial charge is 0.199 e. The van der Waals surface area contributed by atoms with Gasteiger partial charge in [0.15, 0.2) is 30.4 Å². The van der Waals surface area contributed by atoms with E-state index in [2.05, 4.69) is 27.7 Å². The van der Waals surface area contributed by atoms with Gasteiger partial charge in [-0.15, -0.1) is 45.9 Å². The van der Waals surface area contributed by atoms with Gasteiger partial charge in [0.05, 0.1) is 0 Å². The Morgan fingerprint density at radius 1 is 0.625 bits per heavy atom. The molecule has 4 heteroatoms. The first-order chi connectivity index (χ1) is 6.83. The van der Waals surface area contributed by atoms with E-state index in [4.69, 9.17) is 0 Å². The lowest BCUT2D eigenvalue weighted by molar-refractivity contribution is 0.851. The van der Waals surface area contributed by atoms with E-state index < -0.39 is 0 Å². The molecular weight excluding hydrogens is 269 g/mol. The third kappa shape index (κ3) is 36.1. The molecule has 0 aliphatic rings. The van der Waals surface area contributed by atoms with Crippen LogP contribution in [0.1, 0.15) is 53.4 Å². The summed E-state index contributed by atoms with van der Waals surface area (Å²) in [5.74, 6) is 0. The van der Waals surface area contributed by atoms with Gasteiger partial charge in [-0.25, -0.2) is 0 Å². The van der Waals surface area contributed by atoms with Gasteiger partial charge in [-0.1, -0.05) is 53.4 Å². The molecule has 0 aliphatic heterocycles. The maximum Gasteiger partial charge on any atom is 0.199 e. The topological polar surface area (TPSA) is 0 Å². The van der Waals surface area contributed by atoms with Gasteiger partial charge in [0.2, 0.25) is 0 Å². The van der Waals surface area contributed by atoms with Crippen LogP contribution in [0.25, 0.3) is 0 Å². The molecule has 0 N–H and O–H groups in total. The minimum Gasteiger partial charge on any atom is -0.147 e. The first kappa shape index (κ1) is 26.3. The van der Waals surface area contributed by atoms with E-state index in [-0.39, 0.29) is 24.8 Å². The van der Waals surface area contributed by atoms with Gasteiger partial charge in [-0.2, -0.15) is 0 Å². The highest BCUT2D eigenvalue weighted by atomic mass is 35.5. The summed E-state index contributed by atoms with van der Waals surface area (Å²) >= 11 is 1.63. The van der Waals surface area contributed by atoms with E-state index in [1.165, 1.54) is 46.8 Å².